The van der Waals surface area contributed by atoms with Crippen LogP contribution in [0, 0.1) is 13.8 Å². The molecule has 3 aromatic rings. The van der Waals surface area contributed by atoms with E-state index in [0.29, 0.717) is 12.4 Å². The van der Waals surface area contributed by atoms with Crippen LogP contribution >= 0.6 is 0 Å². The number of anilines is 1. The molecule has 146 valence electrons. The topological polar surface area (TPSA) is 59.4 Å². The van der Waals surface area contributed by atoms with Crippen LogP contribution in [0.4, 0.5) is 5.82 Å². The van der Waals surface area contributed by atoms with Crippen molar-refractivity contribution in [3.63, 3.8) is 0 Å². The molecule has 0 spiro atoms. The maximum Gasteiger partial charge on any atom is 0.239 e. The van der Waals surface area contributed by atoms with Crippen LogP contribution in [0.15, 0.2) is 54.6 Å². The van der Waals surface area contributed by atoms with E-state index in [9.17, 15) is 4.79 Å². The molecule has 1 aromatic heterocycles. The van der Waals surface area contributed by atoms with Crippen molar-refractivity contribution >= 4 is 11.7 Å². The highest BCUT2D eigenvalue weighted by atomic mass is 16.5. The van der Waals surface area contributed by atoms with Crippen LogP contribution in [0.25, 0.3) is 5.69 Å². The number of para-hydroxylation sites is 1. The Bertz CT molecular complexity index is 965. The number of aromatic nitrogens is 2. The van der Waals surface area contributed by atoms with Crippen molar-refractivity contribution in [3.8, 4) is 11.4 Å². The van der Waals surface area contributed by atoms with Gasteiger partial charge in [0.2, 0.25) is 5.91 Å². The third-order valence-electron chi connectivity index (χ3n) is 4.44. The predicted molar refractivity (Wildman–Crippen MR) is 111 cm³/mol. The van der Waals surface area contributed by atoms with Crippen LogP contribution in [0.2, 0.25) is 0 Å². The van der Waals surface area contributed by atoms with Crippen LogP contribution in [-0.2, 0) is 11.3 Å². The number of carbonyl (C=O) groups excluding carboxylic acids is 1. The number of benzene rings is 2. The molecular weight excluding hydrogens is 352 g/mol. The summed E-state index contributed by atoms with van der Waals surface area (Å²) in [6, 6.07) is 17.7. The molecule has 1 N–H and O–H groups in total. The average Bonchev–Trinajstić information content (AvgIpc) is 3.01. The van der Waals surface area contributed by atoms with Gasteiger partial charge < -0.3 is 10.1 Å². The van der Waals surface area contributed by atoms with E-state index >= 15 is 0 Å². The normalized spacial score (nSPS) is 10.9. The van der Waals surface area contributed by atoms with Gasteiger partial charge in [-0.1, -0.05) is 30.3 Å². The number of methoxy groups -OCH3 is 1. The maximum atomic E-state index is 12.6. The second-order valence-corrected chi connectivity index (χ2v) is 6.94. The largest absolute Gasteiger partial charge is 0.497 e. The first-order valence-corrected chi connectivity index (χ1v) is 9.20. The number of likely N-dealkylation sites (N-methyl/N-ethyl adjacent to an activating group) is 1. The van der Waals surface area contributed by atoms with Gasteiger partial charge in [-0.3, -0.25) is 9.69 Å². The number of hydrogen-bond acceptors (Lipinski definition) is 4. The van der Waals surface area contributed by atoms with E-state index in [2.05, 4.69) is 10.4 Å². The fourth-order valence-electron chi connectivity index (χ4n) is 3.14. The molecule has 0 aliphatic rings. The number of carbonyl (C=O) groups is 1. The second-order valence-electron chi connectivity index (χ2n) is 6.94. The Morgan fingerprint density at radius 1 is 1.14 bits per heavy atom. The van der Waals surface area contributed by atoms with Crippen LogP contribution in [0.1, 0.15) is 16.8 Å². The quantitative estimate of drug-likeness (QED) is 0.683. The second kappa shape index (κ2) is 8.71. The zero-order valence-electron chi connectivity index (χ0n) is 16.8. The van der Waals surface area contributed by atoms with Gasteiger partial charge in [0.25, 0.3) is 0 Å². The van der Waals surface area contributed by atoms with E-state index in [0.717, 1.165) is 28.3 Å². The van der Waals surface area contributed by atoms with E-state index in [-0.39, 0.29) is 12.5 Å². The van der Waals surface area contributed by atoms with Crippen molar-refractivity contribution in [1.82, 2.24) is 14.7 Å². The predicted octanol–water partition coefficient (Wildman–Crippen LogP) is 3.57. The maximum absolute atomic E-state index is 12.6. The van der Waals surface area contributed by atoms with Gasteiger partial charge in [-0.15, -0.1) is 0 Å². The Hall–Kier alpha value is -3.12. The minimum Gasteiger partial charge on any atom is -0.497 e. The molecule has 0 unspecified atom stereocenters. The molecule has 0 saturated heterocycles. The lowest BCUT2D eigenvalue weighted by atomic mass is 10.2. The number of nitrogens with zero attached hydrogens (tertiary/aromatic N) is 3. The smallest absolute Gasteiger partial charge is 0.239 e. The van der Waals surface area contributed by atoms with Gasteiger partial charge in [0.05, 0.1) is 25.0 Å². The summed E-state index contributed by atoms with van der Waals surface area (Å²) in [5.74, 6) is 1.40. The summed E-state index contributed by atoms with van der Waals surface area (Å²) in [7, 11) is 3.57. The summed E-state index contributed by atoms with van der Waals surface area (Å²) in [6.07, 6.45) is 0. The van der Waals surface area contributed by atoms with Crippen LogP contribution in [-0.4, -0.2) is 41.3 Å². The first-order chi connectivity index (χ1) is 13.5. The molecule has 1 amide bonds. The van der Waals surface area contributed by atoms with Crippen molar-refractivity contribution in [1.29, 1.82) is 0 Å². The Kier molecular flexibility index (Phi) is 6.11. The number of aryl methyl sites for hydroxylation is 2. The monoisotopic (exact) mass is 378 g/mol. The minimum absolute atomic E-state index is 0.0832. The van der Waals surface area contributed by atoms with Gasteiger partial charge in [0, 0.05) is 12.6 Å². The SMILES string of the molecule is COc1cccc(CN(C)CC(=O)Nc2cc(C)nn2-c2ccccc2C)c1. The zero-order valence-corrected chi connectivity index (χ0v) is 16.8. The van der Waals surface area contributed by atoms with E-state index < -0.39 is 0 Å². The highest BCUT2D eigenvalue weighted by Gasteiger charge is 2.14. The van der Waals surface area contributed by atoms with E-state index in [1.807, 2.05) is 80.4 Å². The molecule has 0 fully saturated rings. The lowest BCUT2D eigenvalue weighted by Crippen LogP contribution is -2.30. The van der Waals surface area contributed by atoms with Crippen molar-refractivity contribution < 1.29 is 9.53 Å². The van der Waals surface area contributed by atoms with E-state index in [1.54, 1.807) is 11.8 Å². The van der Waals surface area contributed by atoms with Gasteiger partial charge in [-0.2, -0.15) is 5.10 Å². The Balaban J connectivity index is 1.67. The van der Waals surface area contributed by atoms with Crippen molar-refractivity contribution in [3.05, 3.63) is 71.4 Å². The van der Waals surface area contributed by atoms with Crippen molar-refractivity contribution in [2.45, 2.75) is 20.4 Å². The number of amides is 1. The van der Waals surface area contributed by atoms with Gasteiger partial charge in [0.15, 0.2) is 0 Å². The van der Waals surface area contributed by atoms with Gasteiger partial charge in [-0.05, 0) is 50.2 Å². The highest BCUT2D eigenvalue weighted by Crippen LogP contribution is 2.20. The molecule has 3 rings (SSSR count). The summed E-state index contributed by atoms with van der Waals surface area (Å²) in [5, 5.41) is 7.53. The lowest BCUT2D eigenvalue weighted by Gasteiger charge is -2.17. The molecule has 0 atom stereocenters. The summed E-state index contributed by atoms with van der Waals surface area (Å²) >= 11 is 0. The fourth-order valence-corrected chi connectivity index (χ4v) is 3.14. The number of ether oxygens (including phenoxy) is 1. The summed E-state index contributed by atoms with van der Waals surface area (Å²) in [5.41, 5.74) is 3.99. The molecule has 0 saturated carbocycles. The number of rotatable bonds is 7. The van der Waals surface area contributed by atoms with Gasteiger partial charge in [0.1, 0.15) is 11.6 Å². The van der Waals surface area contributed by atoms with Crippen LogP contribution in [0.3, 0.4) is 0 Å². The van der Waals surface area contributed by atoms with E-state index in [1.165, 1.54) is 0 Å². The average molecular weight is 378 g/mol. The zero-order chi connectivity index (χ0) is 20.1. The summed E-state index contributed by atoms with van der Waals surface area (Å²) in [4.78, 5) is 14.6. The highest BCUT2D eigenvalue weighted by molar-refractivity contribution is 5.91. The minimum atomic E-state index is -0.0832. The van der Waals surface area contributed by atoms with Gasteiger partial charge >= 0.3 is 0 Å². The van der Waals surface area contributed by atoms with Gasteiger partial charge in [-0.25, -0.2) is 4.68 Å². The molecule has 0 aliphatic carbocycles. The number of nitrogens with one attached hydrogen (secondary N) is 1. The summed E-state index contributed by atoms with van der Waals surface area (Å²) < 4.78 is 7.04. The lowest BCUT2D eigenvalue weighted by molar-refractivity contribution is -0.117. The first kappa shape index (κ1) is 19.6. The molecule has 1 heterocycles. The molecule has 0 bridgehead atoms. The van der Waals surface area contributed by atoms with Crippen molar-refractivity contribution in [2.24, 2.45) is 0 Å². The first-order valence-electron chi connectivity index (χ1n) is 9.20. The molecule has 0 radical (unpaired) electrons. The molecule has 0 aliphatic heterocycles. The fraction of sp³-hybridized carbons (Fsp3) is 0.273. The number of hydrogen-bond donors (Lipinski definition) is 1. The van der Waals surface area contributed by atoms with Crippen LogP contribution < -0.4 is 10.1 Å². The van der Waals surface area contributed by atoms with E-state index in [4.69, 9.17) is 4.74 Å². The molecule has 6 heteroatoms. The Morgan fingerprint density at radius 2 is 1.93 bits per heavy atom. The third-order valence-corrected chi connectivity index (χ3v) is 4.44. The molecule has 28 heavy (non-hydrogen) atoms. The summed E-state index contributed by atoms with van der Waals surface area (Å²) in [6.45, 7) is 4.87. The molecular formula is C22H26N4O2. The van der Waals surface area contributed by atoms with Crippen LogP contribution in [0.5, 0.6) is 5.75 Å². The van der Waals surface area contributed by atoms with Crippen molar-refractivity contribution in [2.75, 3.05) is 26.0 Å². The Labute approximate surface area is 165 Å². The molecule has 6 nitrogen and oxygen atoms in total. The Morgan fingerprint density at radius 3 is 2.68 bits per heavy atom. The standard InChI is InChI=1S/C22H26N4O2/c1-16-8-5-6-11-20(16)26-21(12-17(2)24-26)23-22(27)15-25(3)14-18-9-7-10-19(13-18)28-4/h5-13H,14-15H2,1-4H3,(H,23,27). The molecule has 2 aromatic carbocycles. The third kappa shape index (κ3) is 4.78.